The number of rotatable bonds is 15. The third-order valence-electron chi connectivity index (χ3n) is 9.73. The van der Waals surface area contributed by atoms with Gasteiger partial charge < -0.3 is 44.4 Å². The van der Waals surface area contributed by atoms with Crippen molar-refractivity contribution in [2.75, 3.05) is 13.2 Å². The van der Waals surface area contributed by atoms with Crippen molar-refractivity contribution in [3.63, 3.8) is 0 Å². The van der Waals surface area contributed by atoms with Gasteiger partial charge in [-0.25, -0.2) is 14.6 Å². The zero-order valence-corrected chi connectivity index (χ0v) is 34.4. The first-order valence-electron chi connectivity index (χ1n) is 19.5. The minimum absolute atomic E-state index is 0.000433. The summed E-state index contributed by atoms with van der Waals surface area (Å²) in [7, 11) is 0. The number of aliphatic imine (C=N–C) groups is 1. The molecule has 2 aliphatic rings. The van der Waals surface area contributed by atoms with E-state index in [1.807, 2.05) is 13.0 Å². The average molecular weight is 787 g/mol. The molecule has 0 spiro atoms. The van der Waals surface area contributed by atoms with Crippen LogP contribution in [0.2, 0.25) is 0 Å². The lowest BCUT2D eigenvalue weighted by atomic mass is 9.86. The van der Waals surface area contributed by atoms with Crippen molar-refractivity contribution in [2.24, 2.45) is 16.3 Å². The number of unbranched alkanes of at least 4 members (excludes halogenated alkanes) is 1. The molecule has 0 radical (unpaired) electrons. The molecule has 1 aromatic heterocycles. The largest absolute Gasteiger partial charge is 0.463 e. The summed E-state index contributed by atoms with van der Waals surface area (Å²) in [6.45, 7) is 15.2. The monoisotopic (exact) mass is 786 g/mol. The van der Waals surface area contributed by atoms with Crippen molar-refractivity contribution in [3.8, 4) is 6.07 Å². The van der Waals surface area contributed by atoms with Crippen LogP contribution in [-0.4, -0.2) is 95.0 Å². The van der Waals surface area contributed by atoms with Crippen LogP contribution >= 0.6 is 0 Å². The van der Waals surface area contributed by atoms with Gasteiger partial charge in [0.25, 0.3) is 5.91 Å². The summed E-state index contributed by atoms with van der Waals surface area (Å²) in [4.78, 5) is 60.0. The fraction of sp³-hybridized carbons (Fsp3) is 0.725. The maximum Gasteiger partial charge on any atom is 0.408 e. The van der Waals surface area contributed by atoms with Gasteiger partial charge in [-0.1, -0.05) is 59.8 Å². The average Bonchev–Trinajstić information content (AvgIpc) is 3.59. The van der Waals surface area contributed by atoms with Crippen molar-refractivity contribution in [3.05, 3.63) is 23.5 Å². The highest BCUT2D eigenvalue weighted by Crippen LogP contribution is 2.41. The number of esters is 2. The number of carbonyl (C=O) groups excluding carboxylic acids is 4. The van der Waals surface area contributed by atoms with E-state index < -0.39 is 77.1 Å². The number of aliphatic hydroxyl groups excluding tert-OH is 1. The van der Waals surface area contributed by atoms with E-state index in [0.29, 0.717) is 6.61 Å². The molecule has 3 rings (SSSR count). The second kappa shape index (κ2) is 19.7. The number of aliphatic hydroxyl groups is 1. The molecule has 56 heavy (non-hydrogen) atoms. The fourth-order valence-electron chi connectivity index (χ4n) is 6.53. The van der Waals surface area contributed by atoms with Crippen molar-refractivity contribution >= 4 is 36.1 Å². The molecule has 2 heterocycles. The summed E-state index contributed by atoms with van der Waals surface area (Å²) in [5.74, 6) is -1.87. The summed E-state index contributed by atoms with van der Waals surface area (Å²) in [6.07, 6.45) is 3.08. The molecule has 1 saturated carbocycles. The van der Waals surface area contributed by atoms with Gasteiger partial charge in [-0.2, -0.15) is 5.26 Å². The molecule has 0 unspecified atom stereocenters. The second-order valence-electron chi connectivity index (χ2n) is 17.1. The molecule has 0 bridgehead atoms. The minimum atomic E-state index is -2.21. The number of H-pyrrole nitrogens is 1. The van der Waals surface area contributed by atoms with Crippen molar-refractivity contribution < 1.29 is 48.0 Å². The molecular weight excluding hydrogens is 724 g/mol. The lowest BCUT2D eigenvalue weighted by molar-refractivity contribution is -0.164. The number of nitrogens with one attached hydrogen (secondary N) is 4. The number of nitrogens with zero attached hydrogens (tertiary/aromatic N) is 2. The highest BCUT2D eigenvalue weighted by Gasteiger charge is 2.60. The Bertz CT molecular complexity index is 1590. The van der Waals surface area contributed by atoms with Gasteiger partial charge in [0.1, 0.15) is 48.5 Å². The number of alkyl carbamates (subject to hydrolysis) is 1. The Morgan fingerprint density at radius 3 is 2.34 bits per heavy atom. The summed E-state index contributed by atoms with van der Waals surface area (Å²) in [5.41, 5.74) is -5.05. The molecule has 2 fully saturated rings. The molecular formula is C40H62N6O10. The Balaban J connectivity index is 1.95. The number of amidine groups is 1. The van der Waals surface area contributed by atoms with Crippen LogP contribution < -0.4 is 10.6 Å². The number of hydrogen-bond donors (Lipinski definition) is 5. The Kier molecular flexibility index (Phi) is 16.2. The van der Waals surface area contributed by atoms with Crippen LogP contribution in [0.15, 0.2) is 17.1 Å². The van der Waals surface area contributed by atoms with Gasteiger partial charge in [-0.15, -0.1) is 0 Å². The summed E-state index contributed by atoms with van der Waals surface area (Å²) in [6, 6.07) is 3.65. The molecule has 16 heteroatoms. The molecule has 5 atom stereocenters. The van der Waals surface area contributed by atoms with Crippen LogP contribution in [0.5, 0.6) is 0 Å². The molecule has 0 aromatic carbocycles. The maximum absolute atomic E-state index is 13.9. The maximum atomic E-state index is 13.9. The summed E-state index contributed by atoms with van der Waals surface area (Å²) in [5, 5.41) is 35.4. The smallest absolute Gasteiger partial charge is 0.408 e. The van der Waals surface area contributed by atoms with Crippen LogP contribution in [0.1, 0.15) is 131 Å². The highest BCUT2D eigenvalue weighted by atomic mass is 16.6. The summed E-state index contributed by atoms with van der Waals surface area (Å²) < 4.78 is 28.9. The number of aromatic amines is 1. The molecule has 1 aliphatic carbocycles. The van der Waals surface area contributed by atoms with E-state index in [0.717, 1.165) is 57.7 Å². The molecule has 2 amide bonds. The van der Waals surface area contributed by atoms with E-state index >= 15 is 0 Å². The number of hydrogen-bond acceptors (Lipinski definition) is 12. The third-order valence-corrected chi connectivity index (χ3v) is 9.73. The zero-order valence-electron chi connectivity index (χ0n) is 34.4. The van der Waals surface area contributed by atoms with Crippen molar-refractivity contribution in [1.82, 2.24) is 15.6 Å². The Hall–Kier alpha value is -4.33. The molecule has 5 N–H and O–H groups in total. The van der Waals surface area contributed by atoms with Crippen LogP contribution in [0.3, 0.4) is 0 Å². The predicted octanol–water partition coefficient (Wildman–Crippen LogP) is 5.31. The SMILES string of the molecule is CCCCOC(C)(C)C(=O)N/C(=N/C=N)c1ccc([C@]2(C#N)O[C@H](COC(=O)CC3CCCCCC3)[C@@H](OC(=O)[C@H](NC(=O)OC(C)(C)C)C(C)(C)C)[C@H]2O)[nH]1. The van der Waals surface area contributed by atoms with Crippen LogP contribution in [0.25, 0.3) is 0 Å². The first kappa shape index (κ1) is 46.1. The predicted molar refractivity (Wildman–Crippen MR) is 207 cm³/mol. The number of aromatic nitrogens is 1. The van der Waals surface area contributed by atoms with Crippen molar-refractivity contribution in [1.29, 1.82) is 10.7 Å². The van der Waals surface area contributed by atoms with E-state index in [2.05, 4.69) is 20.6 Å². The lowest BCUT2D eigenvalue weighted by Crippen LogP contribution is -2.53. The van der Waals surface area contributed by atoms with E-state index in [1.54, 1.807) is 55.4 Å². The molecule has 312 valence electrons. The Labute approximate surface area is 330 Å². The van der Waals surface area contributed by atoms with Gasteiger partial charge in [-0.05, 0) is 77.3 Å². The van der Waals surface area contributed by atoms with Crippen LogP contribution in [0.4, 0.5) is 4.79 Å². The lowest BCUT2D eigenvalue weighted by Gasteiger charge is -2.32. The molecule has 1 aliphatic heterocycles. The number of carbonyl (C=O) groups is 4. The van der Waals surface area contributed by atoms with Crippen LogP contribution in [0, 0.1) is 28.1 Å². The Morgan fingerprint density at radius 2 is 1.77 bits per heavy atom. The minimum Gasteiger partial charge on any atom is -0.463 e. The molecule has 1 saturated heterocycles. The fourth-order valence-corrected chi connectivity index (χ4v) is 6.53. The number of nitriles is 1. The quantitative estimate of drug-likeness (QED) is 0.0381. The van der Waals surface area contributed by atoms with Gasteiger partial charge in [0.15, 0.2) is 11.9 Å². The van der Waals surface area contributed by atoms with E-state index in [1.165, 1.54) is 12.1 Å². The first-order chi connectivity index (χ1) is 26.2. The van der Waals surface area contributed by atoms with Gasteiger partial charge >= 0.3 is 18.0 Å². The normalized spacial score (nSPS) is 22.9. The zero-order chi connectivity index (χ0) is 41.9. The molecule has 1 aromatic rings. The second-order valence-corrected chi connectivity index (χ2v) is 17.1. The third kappa shape index (κ3) is 12.6. The first-order valence-corrected chi connectivity index (χ1v) is 19.5. The van der Waals surface area contributed by atoms with Crippen molar-refractivity contribution in [2.45, 2.75) is 161 Å². The van der Waals surface area contributed by atoms with E-state index in [9.17, 15) is 29.5 Å². The van der Waals surface area contributed by atoms with Crippen LogP contribution in [-0.2, 0) is 43.7 Å². The van der Waals surface area contributed by atoms with E-state index in [4.69, 9.17) is 29.1 Å². The van der Waals surface area contributed by atoms with E-state index in [-0.39, 0.29) is 29.6 Å². The number of amides is 2. The van der Waals surface area contributed by atoms with Gasteiger partial charge in [0, 0.05) is 13.0 Å². The summed E-state index contributed by atoms with van der Waals surface area (Å²) >= 11 is 0. The Morgan fingerprint density at radius 1 is 1.11 bits per heavy atom. The van der Waals surface area contributed by atoms with Gasteiger partial charge in [0.05, 0.1) is 11.4 Å². The highest BCUT2D eigenvalue weighted by molar-refractivity contribution is 6.10. The van der Waals surface area contributed by atoms with Gasteiger partial charge in [0.2, 0.25) is 5.60 Å². The standard InChI is InChI=1S/C40H62N6O10/c1-10-11-20-53-39(8,9)35(50)46-33(43-24-42)26-18-19-28(44-26)40(23-41)32(48)30(27(55-40)22-52-29(47)21-25-16-14-12-13-15-17-25)54-34(49)31(37(2,3)4)45-36(51)56-38(5,6)7/h18-19,24-25,27,30-32,44,48H,10-17,20-22H2,1-9H3,(H,45,51)(H2,42,43,46,50)/t27-,30-,31+,32-,40+/m1/s1. The number of ether oxygens (including phenoxy) is 5. The van der Waals surface area contributed by atoms with Gasteiger partial charge in [-0.3, -0.25) is 15.0 Å². The molecule has 16 nitrogen and oxygen atoms in total. The topological polar surface area (TPSA) is 235 Å².